The molecule has 2 aromatic carbocycles. The Morgan fingerprint density at radius 2 is 1.73 bits per heavy atom. The van der Waals surface area contributed by atoms with Crippen molar-refractivity contribution in [2.24, 2.45) is 0 Å². The first kappa shape index (κ1) is 22.8. The summed E-state index contributed by atoms with van der Waals surface area (Å²) in [6, 6.07) is 16.4. The average molecular weight is 482 g/mol. The molecule has 0 unspecified atom stereocenters. The van der Waals surface area contributed by atoms with E-state index in [-0.39, 0.29) is 21.8 Å². The van der Waals surface area contributed by atoms with Crippen LogP contribution in [-0.2, 0) is 6.42 Å². The lowest BCUT2D eigenvalue weighted by Gasteiger charge is -2.09. The zero-order valence-corrected chi connectivity index (χ0v) is 19.1. The molecule has 0 bridgehead atoms. The molecule has 168 valence electrons. The van der Waals surface area contributed by atoms with E-state index in [9.17, 15) is 9.90 Å². The third-order valence-corrected chi connectivity index (χ3v) is 5.56. The number of carbonyl (C=O) groups is 1. The predicted molar refractivity (Wildman–Crippen MR) is 131 cm³/mol. The van der Waals surface area contributed by atoms with Crippen molar-refractivity contribution in [1.82, 2.24) is 20.3 Å². The second-order valence-electron chi connectivity index (χ2n) is 7.41. The molecule has 0 aliphatic rings. The molecular weight excluding hydrogens is 461 g/mol. The topological polar surface area (TPSA) is 100 Å². The van der Waals surface area contributed by atoms with Crippen LogP contribution in [0.25, 0.3) is 22.4 Å². The fourth-order valence-corrected chi connectivity index (χ4v) is 3.77. The average Bonchev–Trinajstić information content (AvgIpc) is 2.82. The number of anilines is 1. The molecule has 4 aromatic rings. The standard InChI is InChI=1S/C24H21Cl2N5O2/c25-17-12-16(13-18(26)22(17)32)20-14-28-19-9-10-21(30-23(19)29-20)31-24(33)27-11-5-4-8-15-6-2-1-3-7-15/h1-3,6-7,9-10,12-14,32H,4-5,8,11H2,(H2,27,29,30,31,33). The number of aromatic nitrogens is 3. The van der Waals surface area contributed by atoms with E-state index in [1.807, 2.05) is 18.2 Å². The van der Waals surface area contributed by atoms with Gasteiger partial charge < -0.3 is 10.4 Å². The van der Waals surface area contributed by atoms with Crippen LogP contribution >= 0.6 is 23.2 Å². The number of phenolic OH excluding ortho intramolecular Hbond substituents is 1. The number of pyridine rings is 1. The highest BCUT2D eigenvalue weighted by atomic mass is 35.5. The molecule has 2 aromatic heterocycles. The maximum absolute atomic E-state index is 12.2. The summed E-state index contributed by atoms with van der Waals surface area (Å²) in [7, 11) is 0. The molecular formula is C24H21Cl2N5O2. The van der Waals surface area contributed by atoms with E-state index in [0.717, 1.165) is 19.3 Å². The first-order valence-corrected chi connectivity index (χ1v) is 11.2. The second kappa shape index (κ2) is 10.5. The minimum absolute atomic E-state index is 0.114. The zero-order valence-electron chi connectivity index (χ0n) is 17.6. The van der Waals surface area contributed by atoms with Crippen LogP contribution in [0.1, 0.15) is 18.4 Å². The first-order chi connectivity index (χ1) is 16.0. The summed E-state index contributed by atoms with van der Waals surface area (Å²) in [4.78, 5) is 25.5. The summed E-state index contributed by atoms with van der Waals surface area (Å²) in [5, 5.41) is 15.5. The van der Waals surface area contributed by atoms with Gasteiger partial charge in [0.1, 0.15) is 11.3 Å². The van der Waals surface area contributed by atoms with Crippen LogP contribution in [-0.4, -0.2) is 32.6 Å². The molecule has 0 aliphatic heterocycles. The Bertz CT molecular complexity index is 1260. The number of aromatic hydroxyl groups is 1. The quantitative estimate of drug-likeness (QED) is 0.287. The maximum atomic E-state index is 12.2. The number of rotatable bonds is 7. The number of nitrogens with one attached hydrogen (secondary N) is 2. The van der Waals surface area contributed by atoms with Gasteiger partial charge in [0.05, 0.1) is 21.9 Å². The summed E-state index contributed by atoms with van der Waals surface area (Å²) in [5.41, 5.74) is 3.29. The Morgan fingerprint density at radius 1 is 0.970 bits per heavy atom. The lowest BCUT2D eigenvalue weighted by Crippen LogP contribution is -2.29. The normalized spacial score (nSPS) is 10.8. The molecule has 0 spiro atoms. The third-order valence-electron chi connectivity index (χ3n) is 4.98. The summed E-state index contributed by atoms with van der Waals surface area (Å²) in [5.74, 6) is 0.170. The lowest BCUT2D eigenvalue weighted by atomic mass is 10.1. The summed E-state index contributed by atoms with van der Waals surface area (Å²) in [6.45, 7) is 0.568. The van der Waals surface area contributed by atoms with Gasteiger partial charge in [0.2, 0.25) is 0 Å². The number of benzene rings is 2. The molecule has 0 saturated carbocycles. The van der Waals surface area contributed by atoms with E-state index in [2.05, 4.69) is 37.7 Å². The largest absolute Gasteiger partial charge is 0.505 e. The summed E-state index contributed by atoms with van der Waals surface area (Å²) < 4.78 is 0. The zero-order chi connectivity index (χ0) is 23.2. The number of nitrogens with zero attached hydrogens (tertiary/aromatic N) is 3. The molecule has 0 aliphatic carbocycles. The van der Waals surface area contributed by atoms with Crippen molar-refractivity contribution in [1.29, 1.82) is 0 Å². The van der Waals surface area contributed by atoms with E-state index in [1.54, 1.807) is 30.5 Å². The van der Waals surface area contributed by atoms with Gasteiger partial charge in [-0.05, 0) is 49.1 Å². The van der Waals surface area contributed by atoms with Gasteiger partial charge in [-0.3, -0.25) is 10.3 Å². The minimum Gasteiger partial charge on any atom is -0.505 e. The van der Waals surface area contributed by atoms with E-state index in [1.165, 1.54) is 5.56 Å². The number of phenols is 1. The van der Waals surface area contributed by atoms with E-state index in [4.69, 9.17) is 23.2 Å². The molecule has 7 nitrogen and oxygen atoms in total. The smallest absolute Gasteiger partial charge is 0.320 e. The van der Waals surface area contributed by atoms with Gasteiger partial charge in [-0.1, -0.05) is 53.5 Å². The molecule has 0 atom stereocenters. The van der Waals surface area contributed by atoms with Crippen LogP contribution < -0.4 is 10.6 Å². The number of halogens is 2. The van der Waals surface area contributed by atoms with Crippen molar-refractivity contribution in [2.75, 3.05) is 11.9 Å². The van der Waals surface area contributed by atoms with Crippen molar-refractivity contribution >= 4 is 46.2 Å². The predicted octanol–water partition coefficient (Wildman–Crippen LogP) is 5.85. The fraction of sp³-hybridized carbons (Fsp3) is 0.167. The summed E-state index contributed by atoms with van der Waals surface area (Å²) >= 11 is 12.0. The van der Waals surface area contributed by atoms with Crippen molar-refractivity contribution in [3.63, 3.8) is 0 Å². The highest BCUT2D eigenvalue weighted by Crippen LogP contribution is 2.36. The monoisotopic (exact) mass is 481 g/mol. The van der Waals surface area contributed by atoms with Gasteiger partial charge in [0, 0.05) is 12.1 Å². The number of fused-ring (bicyclic) bond motifs is 1. The SMILES string of the molecule is O=C(NCCCCc1ccccc1)Nc1ccc2ncc(-c3cc(Cl)c(O)c(Cl)c3)nc2n1. The Balaban J connectivity index is 1.36. The Morgan fingerprint density at radius 3 is 2.48 bits per heavy atom. The summed E-state index contributed by atoms with van der Waals surface area (Å²) in [6.07, 6.45) is 4.41. The molecule has 3 N–H and O–H groups in total. The van der Waals surface area contributed by atoms with Crippen LogP contribution in [0.4, 0.5) is 10.6 Å². The van der Waals surface area contributed by atoms with Gasteiger partial charge in [-0.15, -0.1) is 0 Å². The second-order valence-corrected chi connectivity index (χ2v) is 8.22. The van der Waals surface area contributed by atoms with Crippen molar-refractivity contribution in [2.45, 2.75) is 19.3 Å². The highest BCUT2D eigenvalue weighted by molar-refractivity contribution is 6.37. The molecule has 2 amide bonds. The highest BCUT2D eigenvalue weighted by Gasteiger charge is 2.11. The molecule has 0 saturated heterocycles. The first-order valence-electron chi connectivity index (χ1n) is 10.4. The van der Waals surface area contributed by atoms with E-state index in [0.29, 0.717) is 34.8 Å². The minimum atomic E-state index is -0.331. The van der Waals surface area contributed by atoms with Crippen molar-refractivity contribution in [3.8, 4) is 17.0 Å². The van der Waals surface area contributed by atoms with Gasteiger partial charge in [0.25, 0.3) is 0 Å². The van der Waals surface area contributed by atoms with Crippen LogP contribution in [0.5, 0.6) is 5.75 Å². The van der Waals surface area contributed by atoms with Gasteiger partial charge in [-0.2, -0.15) is 0 Å². The van der Waals surface area contributed by atoms with Crippen LogP contribution in [0.15, 0.2) is 60.8 Å². The van der Waals surface area contributed by atoms with E-state index < -0.39 is 0 Å². The van der Waals surface area contributed by atoms with Crippen LogP contribution in [0.3, 0.4) is 0 Å². The Labute approximate surface area is 200 Å². The molecule has 2 heterocycles. The van der Waals surface area contributed by atoms with Crippen molar-refractivity contribution in [3.05, 3.63) is 76.4 Å². The number of urea groups is 1. The molecule has 33 heavy (non-hydrogen) atoms. The number of amides is 2. The maximum Gasteiger partial charge on any atom is 0.320 e. The Hall–Kier alpha value is -3.42. The number of hydrogen-bond acceptors (Lipinski definition) is 5. The molecule has 0 fully saturated rings. The van der Waals surface area contributed by atoms with E-state index >= 15 is 0 Å². The third kappa shape index (κ3) is 5.88. The number of hydrogen-bond donors (Lipinski definition) is 3. The van der Waals surface area contributed by atoms with Gasteiger partial charge in [0.15, 0.2) is 11.4 Å². The lowest BCUT2D eigenvalue weighted by molar-refractivity contribution is 0.252. The Kier molecular flexibility index (Phi) is 7.22. The number of carbonyl (C=O) groups excluding carboxylic acids is 1. The van der Waals surface area contributed by atoms with Gasteiger partial charge >= 0.3 is 6.03 Å². The van der Waals surface area contributed by atoms with Crippen LogP contribution in [0, 0.1) is 0 Å². The molecule has 4 rings (SSSR count). The van der Waals surface area contributed by atoms with Gasteiger partial charge in [-0.25, -0.2) is 14.8 Å². The fourth-order valence-electron chi connectivity index (χ4n) is 3.28. The van der Waals surface area contributed by atoms with Crippen molar-refractivity contribution < 1.29 is 9.90 Å². The number of aryl methyl sites for hydroxylation is 1. The number of unbranched alkanes of at least 4 members (excludes halogenated alkanes) is 1. The van der Waals surface area contributed by atoms with Crippen LogP contribution in [0.2, 0.25) is 10.0 Å². The molecule has 0 radical (unpaired) electrons. The molecule has 9 heteroatoms.